The van der Waals surface area contributed by atoms with Crippen LogP contribution in [-0.2, 0) is 16.9 Å². The van der Waals surface area contributed by atoms with Gasteiger partial charge in [0.25, 0.3) is 0 Å². The van der Waals surface area contributed by atoms with Crippen molar-refractivity contribution in [3.63, 3.8) is 0 Å². The first kappa shape index (κ1) is 15.4. The van der Waals surface area contributed by atoms with E-state index in [1.807, 2.05) is 24.3 Å². The SMILES string of the molecule is COc1ccccc1CN1CCCC1(C(N)=O)c1cnccn1. The molecular weight excluding hydrogens is 292 g/mol. The number of amides is 1. The molecule has 0 bridgehead atoms. The molecule has 2 N–H and O–H groups in total. The lowest BCUT2D eigenvalue weighted by Gasteiger charge is -2.35. The molecule has 0 aliphatic carbocycles. The van der Waals surface area contributed by atoms with Crippen molar-refractivity contribution in [2.24, 2.45) is 5.73 Å². The maximum Gasteiger partial charge on any atom is 0.244 e. The van der Waals surface area contributed by atoms with E-state index in [1.54, 1.807) is 25.7 Å². The van der Waals surface area contributed by atoms with Crippen LogP contribution in [0.2, 0.25) is 0 Å². The number of likely N-dealkylation sites (tertiary alicyclic amines) is 1. The standard InChI is InChI=1S/C17H20N4O2/c1-23-14-6-3-2-5-13(14)12-21-10-4-7-17(21,16(18)22)15-11-19-8-9-20-15/h2-3,5-6,8-9,11H,4,7,10,12H2,1H3,(H2,18,22). The molecule has 6 nitrogen and oxygen atoms in total. The van der Waals surface area contributed by atoms with E-state index in [9.17, 15) is 4.79 Å². The molecule has 0 radical (unpaired) electrons. The molecule has 2 aromatic rings. The summed E-state index contributed by atoms with van der Waals surface area (Å²) >= 11 is 0. The number of nitrogens with zero attached hydrogens (tertiary/aromatic N) is 3. The highest BCUT2D eigenvalue weighted by Crippen LogP contribution is 2.39. The Kier molecular flexibility index (Phi) is 4.25. The van der Waals surface area contributed by atoms with Gasteiger partial charge >= 0.3 is 0 Å². The summed E-state index contributed by atoms with van der Waals surface area (Å²) in [6.07, 6.45) is 6.35. The normalized spacial score (nSPS) is 21.3. The number of carbonyl (C=O) groups is 1. The molecule has 23 heavy (non-hydrogen) atoms. The fraction of sp³-hybridized carbons (Fsp3) is 0.353. The summed E-state index contributed by atoms with van der Waals surface area (Å²) in [5, 5.41) is 0. The number of carbonyl (C=O) groups excluding carboxylic acids is 1. The molecule has 1 saturated heterocycles. The van der Waals surface area contributed by atoms with E-state index in [-0.39, 0.29) is 5.91 Å². The van der Waals surface area contributed by atoms with Crippen LogP contribution in [0.3, 0.4) is 0 Å². The van der Waals surface area contributed by atoms with Crippen molar-refractivity contribution in [1.29, 1.82) is 0 Å². The van der Waals surface area contributed by atoms with Crippen LogP contribution in [0.5, 0.6) is 5.75 Å². The number of primary amides is 1. The summed E-state index contributed by atoms with van der Waals surface area (Å²) in [4.78, 5) is 22.9. The lowest BCUT2D eigenvalue weighted by molar-refractivity contribution is -0.129. The van der Waals surface area contributed by atoms with Gasteiger partial charge in [-0.1, -0.05) is 18.2 Å². The number of nitrogens with two attached hydrogens (primary N) is 1. The van der Waals surface area contributed by atoms with Gasteiger partial charge in [-0.25, -0.2) is 0 Å². The Bertz CT molecular complexity index is 692. The Morgan fingerprint density at radius 1 is 1.39 bits per heavy atom. The Labute approximate surface area is 135 Å². The lowest BCUT2D eigenvalue weighted by Crippen LogP contribution is -2.51. The van der Waals surface area contributed by atoms with Crippen molar-refractivity contribution >= 4 is 5.91 Å². The largest absolute Gasteiger partial charge is 0.496 e. The Hall–Kier alpha value is -2.47. The summed E-state index contributed by atoms with van der Waals surface area (Å²) in [5.74, 6) is 0.419. The highest BCUT2D eigenvalue weighted by molar-refractivity contribution is 5.86. The Morgan fingerprint density at radius 3 is 2.91 bits per heavy atom. The second-order valence-corrected chi connectivity index (χ2v) is 5.65. The average Bonchev–Trinajstić information content (AvgIpc) is 3.01. The van der Waals surface area contributed by atoms with Crippen LogP contribution in [0, 0.1) is 0 Å². The third-order valence-electron chi connectivity index (χ3n) is 4.45. The van der Waals surface area contributed by atoms with Gasteiger partial charge in [-0.2, -0.15) is 0 Å². The first-order chi connectivity index (χ1) is 11.2. The number of aromatic nitrogens is 2. The molecule has 1 aromatic carbocycles. The number of methoxy groups -OCH3 is 1. The van der Waals surface area contributed by atoms with Crippen molar-refractivity contribution in [2.75, 3.05) is 13.7 Å². The van der Waals surface area contributed by atoms with Gasteiger partial charge in [-0.05, 0) is 25.5 Å². The van der Waals surface area contributed by atoms with Crippen molar-refractivity contribution in [3.8, 4) is 5.75 Å². The van der Waals surface area contributed by atoms with Gasteiger partial charge in [0.15, 0.2) is 0 Å². The van der Waals surface area contributed by atoms with Crippen LogP contribution in [0.1, 0.15) is 24.1 Å². The van der Waals surface area contributed by atoms with Crippen molar-refractivity contribution in [2.45, 2.75) is 24.9 Å². The van der Waals surface area contributed by atoms with Crippen molar-refractivity contribution in [1.82, 2.24) is 14.9 Å². The van der Waals surface area contributed by atoms with E-state index in [2.05, 4.69) is 14.9 Å². The van der Waals surface area contributed by atoms with Gasteiger partial charge < -0.3 is 10.5 Å². The maximum atomic E-state index is 12.4. The van der Waals surface area contributed by atoms with Crippen LogP contribution in [0.4, 0.5) is 0 Å². The molecule has 1 aliphatic heterocycles. The monoisotopic (exact) mass is 312 g/mol. The van der Waals surface area contributed by atoms with Crippen molar-refractivity contribution in [3.05, 3.63) is 54.1 Å². The molecule has 0 saturated carbocycles. The third-order valence-corrected chi connectivity index (χ3v) is 4.45. The molecule has 0 spiro atoms. The molecule has 1 unspecified atom stereocenters. The second kappa shape index (κ2) is 6.34. The molecule has 6 heteroatoms. The molecule has 2 heterocycles. The van der Waals surface area contributed by atoms with E-state index in [1.165, 1.54) is 0 Å². The Balaban J connectivity index is 1.99. The van der Waals surface area contributed by atoms with E-state index in [4.69, 9.17) is 10.5 Å². The first-order valence-electron chi connectivity index (χ1n) is 7.62. The zero-order valence-corrected chi connectivity index (χ0v) is 13.1. The zero-order chi connectivity index (χ0) is 16.3. The third kappa shape index (κ3) is 2.66. The number of para-hydroxylation sites is 1. The van der Waals surface area contributed by atoms with E-state index in [0.717, 1.165) is 24.3 Å². The molecule has 120 valence electrons. The second-order valence-electron chi connectivity index (χ2n) is 5.65. The average molecular weight is 312 g/mol. The minimum atomic E-state index is -0.908. The van der Waals surface area contributed by atoms with Gasteiger partial charge in [0.2, 0.25) is 5.91 Å². The maximum absolute atomic E-state index is 12.4. The number of hydrogen-bond acceptors (Lipinski definition) is 5. The summed E-state index contributed by atoms with van der Waals surface area (Å²) in [5.41, 5.74) is 6.52. The van der Waals surface area contributed by atoms with Crippen LogP contribution in [0.15, 0.2) is 42.9 Å². The molecular formula is C17H20N4O2. The number of rotatable bonds is 5. The van der Waals surface area contributed by atoms with Gasteiger partial charge in [-0.3, -0.25) is 19.7 Å². The number of hydrogen-bond donors (Lipinski definition) is 1. The fourth-order valence-electron chi connectivity index (χ4n) is 3.34. The quantitative estimate of drug-likeness (QED) is 0.904. The minimum absolute atomic E-state index is 0.384. The molecule has 1 aliphatic rings. The van der Waals surface area contributed by atoms with Crippen LogP contribution in [-0.4, -0.2) is 34.4 Å². The molecule has 1 fully saturated rings. The summed E-state index contributed by atoms with van der Waals surface area (Å²) < 4.78 is 5.42. The van der Waals surface area contributed by atoms with Gasteiger partial charge in [-0.15, -0.1) is 0 Å². The van der Waals surface area contributed by atoms with E-state index < -0.39 is 5.54 Å². The predicted octanol–water partition coefficient (Wildman–Crippen LogP) is 1.46. The molecule has 3 rings (SSSR count). The number of ether oxygens (including phenoxy) is 1. The van der Waals surface area contributed by atoms with Gasteiger partial charge in [0.1, 0.15) is 11.3 Å². The summed E-state index contributed by atoms with van der Waals surface area (Å²) in [6, 6.07) is 7.80. The van der Waals surface area contributed by atoms with Gasteiger partial charge in [0, 0.05) is 24.5 Å². The minimum Gasteiger partial charge on any atom is -0.496 e. The zero-order valence-electron chi connectivity index (χ0n) is 13.1. The fourth-order valence-corrected chi connectivity index (χ4v) is 3.34. The highest BCUT2D eigenvalue weighted by atomic mass is 16.5. The van der Waals surface area contributed by atoms with Gasteiger partial charge in [0.05, 0.1) is 19.0 Å². The molecule has 1 aromatic heterocycles. The van der Waals surface area contributed by atoms with Crippen molar-refractivity contribution < 1.29 is 9.53 Å². The number of benzene rings is 1. The molecule has 1 amide bonds. The van der Waals surface area contributed by atoms with Crippen LogP contribution < -0.4 is 10.5 Å². The predicted molar refractivity (Wildman–Crippen MR) is 85.5 cm³/mol. The van der Waals surface area contributed by atoms with Crippen LogP contribution >= 0.6 is 0 Å². The smallest absolute Gasteiger partial charge is 0.244 e. The lowest BCUT2D eigenvalue weighted by atomic mass is 9.90. The highest BCUT2D eigenvalue weighted by Gasteiger charge is 2.49. The topological polar surface area (TPSA) is 81.3 Å². The molecule has 1 atom stereocenters. The Morgan fingerprint density at radius 2 is 2.22 bits per heavy atom. The van der Waals surface area contributed by atoms with Crippen LogP contribution in [0.25, 0.3) is 0 Å². The summed E-state index contributed by atoms with van der Waals surface area (Å²) in [7, 11) is 1.65. The summed E-state index contributed by atoms with van der Waals surface area (Å²) in [6.45, 7) is 1.35. The van der Waals surface area contributed by atoms with E-state index >= 15 is 0 Å². The van der Waals surface area contributed by atoms with E-state index in [0.29, 0.717) is 18.7 Å². The first-order valence-corrected chi connectivity index (χ1v) is 7.62.